The molecule has 0 bridgehead atoms. The van der Waals surface area contributed by atoms with Crippen LogP contribution in [-0.2, 0) is 43.6 Å². The molecule has 316 valence electrons. The number of carbonyl (C=O) groups excluding carboxylic acids is 2. The summed E-state index contributed by atoms with van der Waals surface area (Å²) in [5.41, 5.74) is -2.37. The van der Waals surface area contributed by atoms with Gasteiger partial charge in [-0.25, -0.2) is 21.9 Å². The van der Waals surface area contributed by atoms with Gasteiger partial charge >= 0.3 is 0 Å². The van der Waals surface area contributed by atoms with Crippen LogP contribution in [0.15, 0.2) is 116 Å². The van der Waals surface area contributed by atoms with Gasteiger partial charge in [0, 0.05) is 33.2 Å². The van der Waals surface area contributed by atoms with Crippen molar-refractivity contribution in [3.63, 3.8) is 0 Å². The molecule has 0 aromatic heterocycles. The Labute approximate surface area is 357 Å². The van der Waals surface area contributed by atoms with Crippen molar-refractivity contribution in [1.82, 2.24) is 10.4 Å². The lowest BCUT2D eigenvalue weighted by atomic mass is 9.70. The summed E-state index contributed by atoms with van der Waals surface area (Å²) < 4.78 is 69.1. The summed E-state index contributed by atoms with van der Waals surface area (Å²) in [6.07, 6.45) is 3.73. The zero-order valence-corrected chi connectivity index (χ0v) is 39.1. The number of hydroxylamine groups is 2. The largest absolute Gasteiger partial charge is 0.358 e. The summed E-state index contributed by atoms with van der Waals surface area (Å²) in [5.74, 6) is -2.01. The molecule has 0 aliphatic heterocycles. The van der Waals surface area contributed by atoms with Crippen LogP contribution in [0.5, 0.6) is 0 Å². The van der Waals surface area contributed by atoms with E-state index >= 15 is 0 Å². The highest BCUT2D eigenvalue weighted by Gasteiger charge is 2.43. The number of ether oxygens (including phenoxy) is 2. The Morgan fingerprint density at radius 3 is 1.79 bits per heavy atom. The molecule has 2 aromatic carbocycles. The number of rotatable bonds is 23. The van der Waals surface area contributed by atoms with Crippen molar-refractivity contribution in [3.05, 3.63) is 107 Å². The van der Waals surface area contributed by atoms with Crippen molar-refractivity contribution in [2.45, 2.75) is 107 Å². The molecule has 0 saturated heterocycles. The van der Waals surface area contributed by atoms with Crippen LogP contribution in [-0.4, -0.2) is 77.0 Å². The number of likely N-dealkylation sites (N-methyl/N-ethyl adjacent to an activating group) is 1. The minimum absolute atomic E-state index is 0.0237. The zero-order valence-electron chi connectivity index (χ0n) is 34.3. The molecule has 11 nitrogen and oxygen atoms in total. The van der Waals surface area contributed by atoms with E-state index in [1.165, 1.54) is 52.3 Å². The number of nitrogens with one attached hydrogen (secondary N) is 1. The first-order valence-electron chi connectivity index (χ1n) is 18.4. The van der Waals surface area contributed by atoms with E-state index in [0.717, 1.165) is 15.1 Å². The van der Waals surface area contributed by atoms with Gasteiger partial charge in [-0.2, -0.15) is 0 Å². The van der Waals surface area contributed by atoms with E-state index in [2.05, 4.69) is 56.9 Å². The molecular formula is C42H58Br2N2O9S2. The van der Waals surface area contributed by atoms with Gasteiger partial charge in [-0.1, -0.05) is 95.5 Å². The molecule has 0 fully saturated rings. The molecule has 2 rings (SSSR count). The normalized spacial score (nSPS) is 16.3. The molecule has 1 N–H and O–H groups in total. The van der Waals surface area contributed by atoms with Crippen LogP contribution < -0.4 is 5.32 Å². The van der Waals surface area contributed by atoms with Crippen molar-refractivity contribution >= 4 is 63.3 Å². The second kappa shape index (κ2) is 21.9. The second-order valence-corrected chi connectivity index (χ2v) is 20.9. The zero-order chi connectivity index (χ0) is 43.5. The van der Waals surface area contributed by atoms with Crippen molar-refractivity contribution in [1.29, 1.82) is 0 Å². The molecule has 0 spiro atoms. The van der Waals surface area contributed by atoms with Crippen LogP contribution >= 0.6 is 31.9 Å². The number of carbonyl (C=O) groups is 2. The number of halogens is 2. The maximum atomic E-state index is 14.0. The average Bonchev–Trinajstić information content (AvgIpc) is 3.16. The third-order valence-electron chi connectivity index (χ3n) is 10.2. The van der Waals surface area contributed by atoms with Crippen LogP contribution in [0, 0.1) is 17.3 Å². The number of hydrogen-bond donors (Lipinski definition) is 1. The first kappa shape index (κ1) is 50.2. The van der Waals surface area contributed by atoms with Gasteiger partial charge in [-0.15, -0.1) is 13.2 Å². The molecular weight excluding hydrogens is 900 g/mol. The Hall–Kier alpha value is -2.92. The van der Waals surface area contributed by atoms with Crippen LogP contribution in [0.4, 0.5) is 0 Å². The molecule has 0 radical (unpaired) electrons. The van der Waals surface area contributed by atoms with Crippen LogP contribution in [0.3, 0.4) is 0 Å². The highest BCUT2D eigenvalue weighted by molar-refractivity contribution is 9.10. The number of sulfone groups is 2. The topological polar surface area (TPSA) is 145 Å². The first-order valence-corrected chi connectivity index (χ1v) is 23.1. The molecule has 0 heterocycles. The van der Waals surface area contributed by atoms with E-state index in [1.54, 1.807) is 50.3 Å². The van der Waals surface area contributed by atoms with Gasteiger partial charge in [0.25, 0.3) is 5.91 Å². The Bertz CT molecular complexity index is 1970. The van der Waals surface area contributed by atoms with Gasteiger partial charge in [0.1, 0.15) is 6.04 Å². The van der Waals surface area contributed by atoms with E-state index in [1.807, 2.05) is 26.8 Å². The predicted octanol–water partition coefficient (Wildman–Crippen LogP) is 8.77. The summed E-state index contributed by atoms with van der Waals surface area (Å²) in [7, 11) is -5.22. The summed E-state index contributed by atoms with van der Waals surface area (Å²) in [4.78, 5) is 32.6. The van der Waals surface area contributed by atoms with Gasteiger partial charge in [-0.05, 0) is 82.1 Å². The molecule has 7 atom stereocenters. The minimum Gasteiger partial charge on any atom is -0.358 e. The molecule has 0 aliphatic carbocycles. The second-order valence-electron chi connectivity index (χ2n) is 14.6. The monoisotopic (exact) mass is 956 g/mol. The fourth-order valence-electron chi connectivity index (χ4n) is 6.11. The summed E-state index contributed by atoms with van der Waals surface area (Å²) in [6.45, 7) is 24.1. The standard InChI is InChI=1S/C42H58Br2N2O9S2/c1-13-15-27(3)16-25-37(41(48)46(11)53-12)45-39(47)26-38(54-31(7)56(49,50)35-21-17-33(43)18-22-35)42(9,10)30(6)29(5)40(28(4)14-2)55-32(8)57(51,52)36-23-19-34(44)20-24-36/h13-14,16-24,28-29,31-32,37-38,40H,1-2,6,15,25-26H2,3-5,7-12H3,(H,45,47)/b27-16-/t28-,29-,31?,32?,37-,38-,40-/m0/s1. The third-order valence-corrected chi connectivity index (χ3v) is 15.1. The molecule has 2 unspecified atom stereocenters. The predicted molar refractivity (Wildman–Crippen MR) is 232 cm³/mol. The van der Waals surface area contributed by atoms with Crippen LogP contribution in [0.25, 0.3) is 0 Å². The third kappa shape index (κ3) is 13.6. The van der Waals surface area contributed by atoms with Crippen molar-refractivity contribution in [2.75, 3.05) is 14.2 Å². The Morgan fingerprint density at radius 2 is 1.35 bits per heavy atom. The summed E-state index contributed by atoms with van der Waals surface area (Å²) in [5, 5.41) is 3.83. The molecule has 2 amide bonds. The fourth-order valence-corrected chi connectivity index (χ4v) is 8.99. The molecule has 0 aliphatic rings. The molecule has 0 saturated carbocycles. The van der Waals surface area contributed by atoms with Gasteiger partial charge < -0.3 is 14.8 Å². The molecule has 15 heteroatoms. The van der Waals surface area contributed by atoms with Gasteiger partial charge in [0.15, 0.2) is 10.9 Å². The summed E-state index contributed by atoms with van der Waals surface area (Å²) >= 11 is 6.67. The SMILES string of the molecule is C=CC/C(C)=C\C[C@H](NC(=O)C[C@H](OC(C)S(=O)(=O)c1ccc(Br)cc1)C(C)(C)C(=C)[C@H](C)[C@@H](OC(C)S(=O)(=O)c1ccc(Br)cc1)[C@@H](C)C=C)C(=O)N(C)OC. The Balaban J connectivity index is 2.58. The number of nitrogens with zero attached hydrogens (tertiary/aromatic N) is 1. The average molecular weight is 959 g/mol. The Morgan fingerprint density at radius 1 is 0.877 bits per heavy atom. The lowest BCUT2D eigenvalue weighted by molar-refractivity contribution is -0.171. The summed E-state index contributed by atoms with van der Waals surface area (Å²) in [6, 6.07) is 11.4. The lowest BCUT2D eigenvalue weighted by Gasteiger charge is -2.42. The van der Waals surface area contributed by atoms with E-state index in [4.69, 9.17) is 14.3 Å². The number of benzene rings is 2. The number of allylic oxidation sites excluding steroid dienone is 2. The quantitative estimate of drug-likeness (QED) is 0.0854. The van der Waals surface area contributed by atoms with Crippen LogP contribution in [0.2, 0.25) is 0 Å². The minimum atomic E-state index is -4.07. The smallest absolute Gasteiger partial charge is 0.268 e. The van der Waals surface area contributed by atoms with E-state index in [9.17, 15) is 26.4 Å². The highest BCUT2D eigenvalue weighted by atomic mass is 79.9. The fraction of sp³-hybridized carbons (Fsp3) is 0.476. The van der Waals surface area contributed by atoms with Gasteiger partial charge in [-0.3, -0.25) is 14.4 Å². The van der Waals surface area contributed by atoms with Gasteiger partial charge in [0.2, 0.25) is 25.6 Å². The van der Waals surface area contributed by atoms with Crippen molar-refractivity contribution in [2.24, 2.45) is 17.3 Å². The van der Waals surface area contributed by atoms with Crippen molar-refractivity contribution < 1.29 is 40.7 Å². The van der Waals surface area contributed by atoms with E-state index < -0.39 is 71.9 Å². The lowest BCUT2D eigenvalue weighted by Crippen LogP contribution is -2.49. The van der Waals surface area contributed by atoms with Crippen LogP contribution in [0.1, 0.15) is 67.7 Å². The van der Waals surface area contributed by atoms with Crippen molar-refractivity contribution in [3.8, 4) is 0 Å². The Kier molecular flexibility index (Phi) is 19.3. The number of hydrogen-bond acceptors (Lipinski definition) is 9. The first-order chi connectivity index (χ1) is 26.4. The molecule has 2 aromatic rings. The maximum absolute atomic E-state index is 14.0. The maximum Gasteiger partial charge on any atom is 0.268 e. The molecule has 57 heavy (non-hydrogen) atoms. The van der Waals surface area contributed by atoms with Gasteiger partial charge in [0.05, 0.1) is 35.5 Å². The van der Waals surface area contributed by atoms with E-state index in [-0.39, 0.29) is 28.6 Å². The highest BCUT2D eigenvalue weighted by Crippen LogP contribution is 2.42. The number of amides is 2. The van der Waals surface area contributed by atoms with E-state index in [0.29, 0.717) is 16.5 Å².